The summed E-state index contributed by atoms with van der Waals surface area (Å²) >= 11 is 0. The van der Waals surface area contributed by atoms with Gasteiger partial charge in [0.15, 0.2) is 5.75 Å². The minimum Gasteiger partial charge on any atom is -0.455 e. The number of para-hydroxylation sites is 3. The van der Waals surface area contributed by atoms with Gasteiger partial charge in [0.1, 0.15) is 5.75 Å². The van der Waals surface area contributed by atoms with Crippen LogP contribution < -0.4 is 15.4 Å². The molecule has 2 aromatic rings. The van der Waals surface area contributed by atoms with E-state index in [1.165, 1.54) is 0 Å². The van der Waals surface area contributed by atoms with Crippen LogP contribution in [0.3, 0.4) is 0 Å². The number of hydrogen-bond donors (Lipinski definition) is 2. The van der Waals surface area contributed by atoms with Gasteiger partial charge in [-0.3, -0.25) is 4.90 Å². The standard InChI is InChI=1S/C19H25N3O2/c20-14-16(23)15-21-10-12-22(13-11-21)18-8-4-5-9-19(18)24-17-6-2-1-3-7-17/h1-9,16,23H,10-15,20H2/t16-/m0/s1. The molecule has 5 nitrogen and oxygen atoms in total. The molecule has 0 amide bonds. The largest absolute Gasteiger partial charge is 0.455 e. The molecule has 24 heavy (non-hydrogen) atoms. The molecule has 5 heteroatoms. The minimum absolute atomic E-state index is 0.313. The number of ether oxygens (including phenoxy) is 1. The number of aliphatic hydroxyl groups is 1. The highest BCUT2D eigenvalue weighted by molar-refractivity contribution is 5.59. The third kappa shape index (κ3) is 4.26. The van der Waals surface area contributed by atoms with Crippen molar-refractivity contribution < 1.29 is 9.84 Å². The molecule has 1 saturated heterocycles. The molecule has 0 aliphatic carbocycles. The Hall–Kier alpha value is -2.08. The van der Waals surface area contributed by atoms with E-state index in [0.29, 0.717) is 13.1 Å². The van der Waals surface area contributed by atoms with Crippen LogP contribution in [0.15, 0.2) is 54.6 Å². The Bertz CT molecular complexity index is 628. The number of nitrogens with zero attached hydrogens (tertiary/aromatic N) is 2. The average molecular weight is 327 g/mol. The lowest BCUT2D eigenvalue weighted by Crippen LogP contribution is -2.49. The van der Waals surface area contributed by atoms with Crippen LogP contribution >= 0.6 is 0 Å². The van der Waals surface area contributed by atoms with Crippen molar-refractivity contribution in [3.8, 4) is 11.5 Å². The number of rotatable bonds is 6. The van der Waals surface area contributed by atoms with Gasteiger partial charge in [-0.25, -0.2) is 0 Å². The molecule has 1 fully saturated rings. The summed E-state index contributed by atoms with van der Waals surface area (Å²) in [5.41, 5.74) is 6.61. The van der Waals surface area contributed by atoms with Crippen LogP contribution in [0.1, 0.15) is 0 Å². The maximum absolute atomic E-state index is 9.70. The van der Waals surface area contributed by atoms with Gasteiger partial charge in [-0.1, -0.05) is 30.3 Å². The molecule has 0 unspecified atom stereocenters. The van der Waals surface area contributed by atoms with Gasteiger partial charge in [0.25, 0.3) is 0 Å². The first kappa shape index (κ1) is 16.8. The number of β-amino-alcohol motifs (C(OH)–C–C–N with tert-alkyl or cyclic N) is 1. The maximum atomic E-state index is 9.70. The van der Waals surface area contributed by atoms with Gasteiger partial charge in [-0.2, -0.15) is 0 Å². The third-order valence-electron chi connectivity index (χ3n) is 4.29. The van der Waals surface area contributed by atoms with Gasteiger partial charge in [-0.15, -0.1) is 0 Å². The van der Waals surface area contributed by atoms with Crippen LogP contribution in [-0.2, 0) is 0 Å². The highest BCUT2D eigenvalue weighted by Crippen LogP contribution is 2.32. The number of benzene rings is 2. The topological polar surface area (TPSA) is 62.0 Å². The van der Waals surface area contributed by atoms with Crippen LogP contribution in [0.25, 0.3) is 0 Å². The van der Waals surface area contributed by atoms with Crippen molar-refractivity contribution in [1.82, 2.24) is 4.90 Å². The van der Waals surface area contributed by atoms with Crippen molar-refractivity contribution in [3.05, 3.63) is 54.6 Å². The summed E-state index contributed by atoms with van der Waals surface area (Å²) < 4.78 is 6.06. The van der Waals surface area contributed by atoms with E-state index in [9.17, 15) is 5.11 Å². The molecule has 0 radical (unpaired) electrons. The van der Waals surface area contributed by atoms with Gasteiger partial charge in [0.05, 0.1) is 11.8 Å². The van der Waals surface area contributed by atoms with Gasteiger partial charge in [0, 0.05) is 39.3 Å². The lowest BCUT2D eigenvalue weighted by Gasteiger charge is -2.37. The Kier molecular flexibility index (Phi) is 5.69. The molecular formula is C19H25N3O2. The molecule has 3 N–H and O–H groups in total. The van der Waals surface area contributed by atoms with Gasteiger partial charge in [-0.05, 0) is 24.3 Å². The number of hydrogen-bond acceptors (Lipinski definition) is 5. The second-order valence-electron chi connectivity index (χ2n) is 6.06. The Morgan fingerprint density at radius 3 is 2.33 bits per heavy atom. The Balaban J connectivity index is 1.66. The van der Waals surface area contributed by atoms with E-state index in [1.807, 2.05) is 48.5 Å². The van der Waals surface area contributed by atoms with E-state index in [-0.39, 0.29) is 0 Å². The van der Waals surface area contributed by atoms with Gasteiger partial charge >= 0.3 is 0 Å². The smallest absolute Gasteiger partial charge is 0.150 e. The minimum atomic E-state index is -0.440. The zero-order valence-electron chi connectivity index (χ0n) is 13.8. The van der Waals surface area contributed by atoms with Gasteiger partial charge < -0.3 is 20.5 Å². The van der Waals surface area contributed by atoms with E-state index in [0.717, 1.165) is 43.4 Å². The molecule has 128 valence electrons. The van der Waals surface area contributed by atoms with Crippen LogP contribution in [0.4, 0.5) is 5.69 Å². The molecule has 0 aromatic heterocycles. The Labute approximate surface area is 143 Å². The highest BCUT2D eigenvalue weighted by atomic mass is 16.5. The van der Waals surface area contributed by atoms with Crippen LogP contribution in [0.5, 0.6) is 11.5 Å². The molecule has 1 atom stereocenters. The Morgan fingerprint density at radius 1 is 0.958 bits per heavy atom. The molecule has 1 aliphatic heterocycles. The third-order valence-corrected chi connectivity index (χ3v) is 4.29. The number of aliphatic hydroxyl groups excluding tert-OH is 1. The highest BCUT2D eigenvalue weighted by Gasteiger charge is 2.21. The molecule has 1 aliphatic rings. The van der Waals surface area contributed by atoms with Crippen molar-refractivity contribution in [1.29, 1.82) is 0 Å². The molecule has 0 spiro atoms. The van der Waals surface area contributed by atoms with Crippen molar-refractivity contribution in [3.63, 3.8) is 0 Å². The predicted molar refractivity (Wildman–Crippen MR) is 96.7 cm³/mol. The first-order chi connectivity index (χ1) is 11.8. The number of anilines is 1. The van der Waals surface area contributed by atoms with Crippen molar-refractivity contribution in [2.24, 2.45) is 5.73 Å². The fourth-order valence-corrected chi connectivity index (χ4v) is 2.96. The van der Waals surface area contributed by atoms with E-state index in [2.05, 4.69) is 15.9 Å². The fourth-order valence-electron chi connectivity index (χ4n) is 2.96. The summed E-state index contributed by atoms with van der Waals surface area (Å²) in [6, 6.07) is 18.0. The second-order valence-corrected chi connectivity index (χ2v) is 6.06. The second kappa shape index (κ2) is 8.15. The average Bonchev–Trinajstić information content (AvgIpc) is 2.64. The summed E-state index contributed by atoms with van der Waals surface area (Å²) in [4.78, 5) is 4.60. The van der Waals surface area contributed by atoms with Crippen molar-refractivity contribution in [2.75, 3.05) is 44.2 Å². The maximum Gasteiger partial charge on any atom is 0.150 e. The molecule has 0 saturated carbocycles. The summed E-state index contributed by atoms with van der Waals surface area (Å²) in [6.07, 6.45) is -0.440. The summed E-state index contributed by atoms with van der Waals surface area (Å²) in [5.74, 6) is 1.72. The quantitative estimate of drug-likeness (QED) is 0.849. The molecule has 0 bridgehead atoms. The normalized spacial score (nSPS) is 16.8. The fraction of sp³-hybridized carbons (Fsp3) is 0.368. The summed E-state index contributed by atoms with van der Waals surface area (Å²) in [5, 5.41) is 9.70. The lowest BCUT2D eigenvalue weighted by molar-refractivity contribution is 0.115. The van der Waals surface area contributed by atoms with E-state index in [4.69, 9.17) is 10.5 Å². The van der Waals surface area contributed by atoms with Crippen molar-refractivity contribution in [2.45, 2.75) is 6.10 Å². The van der Waals surface area contributed by atoms with Gasteiger partial charge in [0.2, 0.25) is 0 Å². The summed E-state index contributed by atoms with van der Waals surface area (Å²) in [7, 11) is 0. The molecule has 3 rings (SSSR count). The monoisotopic (exact) mass is 327 g/mol. The van der Waals surface area contributed by atoms with E-state index < -0.39 is 6.10 Å². The zero-order valence-corrected chi connectivity index (χ0v) is 13.8. The molecule has 1 heterocycles. The number of nitrogens with two attached hydrogens (primary N) is 1. The zero-order chi connectivity index (χ0) is 16.8. The summed E-state index contributed by atoms with van der Waals surface area (Å²) in [6.45, 7) is 4.60. The van der Waals surface area contributed by atoms with Crippen molar-refractivity contribution >= 4 is 5.69 Å². The van der Waals surface area contributed by atoms with E-state index >= 15 is 0 Å². The SMILES string of the molecule is NC[C@H](O)CN1CCN(c2ccccc2Oc2ccccc2)CC1. The van der Waals surface area contributed by atoms with E-state index in [1.54, 1.807) is 0 Å². The van der Waals surface area contributed by atoms with Crippen LogP contribution in [0.2, 0.25) is 0 Å². The molecular weight excluding hydrogens is 302 g/mol. The number of piperazine rings is 1. The first-order valence-electron chi connectivity index (χ1n) is 8.43. The lowest BCUT2D eigenvalue weighted by atomic mass is 10.2. The predicted octanol–water partition coefficient (Wildman–Crippen LogP) is 1.92. The molecule has 2 aromatic carbocycles. The van der Waals surface area contributed by atoms with Crippen LogP contribution in [0, 0.1) is 0 Å². The first-order valence-corrected chi connectivity index (χ1v) is 8.43. The van der Waals surface area contributed by atoms with Crippen LogP contribution in [-0.4, -0.2) is 55.4 Å². The Morgan fingerprint density at radius 2 is 1.62 bits per heavy atom.